The number of hydrogen-bond donors (Lipinski definition) is 1. The molecule has 1 aromatic heterocycles. The van der Waals surface area contributed by atoms with Crippen molar-refractivity contribution in [1.82, 2.24) is 15.2 Å². The molecule has 2 rings (SSSR count). The molecule has 1 aliphatic heterocycles. The molecule has 0 saturated carbocycles. The molecule has 0 spiro atoms. The zero-order chi connectivity index (χ0) is 18.4. The zero-order valence-electron chi connectivity index (χ0n) is 16.0. The smallest absolute Gasteiger partial charge is 0.410 e. The summed E-state index contributed by atoms with van der Waals surface area (Å²) >= 11 is 0. The van der Waals surface area contributed by atoms with Crippen molar-refractivity contribution in [2.45, 2.75) is 64.8 Å². The predicted octanol–water partition coefficient (Wildman–Crippen LogP) is 3.15. The molecule has 1 saturated heterocycles. The number of pyridine rings is 1. The summed E-state index contributed by atoms with van der Waals surface area (Å²) < 4.78 is 11.1. The van der Waals surface area contributed by atoms with Gasteiger partial charge in [0.1, 0.15) is 5.60 Å². The molecular weight excluding hydrogens is 318 g/mol. The third-order valence-electron chi connectivity index (χ3n) is 4.20. The second kappa shape index (κ2) is 8.63. The number of nitrogens with zero attached hydrogens (tertiary/aromatic N) is 2. The number of aromatic nitrogens is 1. The largest absolute Gasteiger partial charge is 0.444 e. The van der Waals surface area contributed by atoms with Crippen LogP contribution in [0.2, 0.25) is 0 Å². The van der Waals surface area contributed by atoms with Crippen molar-refractivity contribution in [2.24, 2.45) is 0 Å². The molecule has 0 aromatic carbocycles. The van der Waals surface area contributed by atoms with Crippen molar-refractivity contribution >= 4 is 6.09 Å². The van der Waals surface area contributed by atoms with E-state index in [9.17, 15) is 4.79 Å². The van der Waals surface area contributed by atoms with Gasteiger partial charge in [0.2, 0.25) is 0 Å². The molecule has 0 radical (unpaired) electrons. The Kier molecular flexibility index (Phi) is 6.79. The van der Waals surface area contributed by atoms with Crippen LogP contribution in [-0.2, 0) is 9.47 Å². The van der Waals surface area contributed by atoms with Crippen LogP contribution < -0.4 is 5.32 Å². The molecule has 1 fully saturated rings. The number of carbonyl (C=O) groups excluding carboxylic acids is 1. The Hall–Kier alpha value is -1.66. The lowest BCUT2D eigenvalue weighted by Crippen LogP contribution is -2.52. The second-order valence-electron chi connectivity index (χ2n) is 7.71. The highest BCUT2D eigenvalue weighted by Gasteiger charge is 2.32. The first-order chi connectivity index (χ1) is 11.8. The summed E-state index contributed by atoms with van der Waals surface area (Å²) in [6.45, 7) is 11.6. The van der Waals surface area contributed by atoms with Crippen LogP contribution in [0.25, 0.3) is 0 Å². The topological polar surface area (TPSA) is 63.7 Å². The minimum absolute atomic E-state index is 0.0206. The standard InChI is InChI=1S/C19H31N3O3/c1-14(21-15(2)16-7-6-8-20-12-16)11-17-13-24-10-9-22(17)18(23)25-19(3,4)5/h6-8,12,14-15,17,21H,9-11,13H2,1-5H3/t14?,15-,17?/m1/s1. The van der Waals surface area contributed by atoms with E-state index in [1.807, 2.05) is 37.9 Å². The highest BCUT2D eigenvalue weighted by molar-refractivity contribution is 5.68. The molecule has 6 heteroatoms. The first-order valence-electron chi connectivity index (χ1n) is 8.99. The summed E-state index contributed by atoms with van der Waals surface area (Å²) in [4.78, 5) is 18.4. The number of rotatable bonds is 5. The van der Waals surface area contributed by atoms with Crippen molar-refractivity contribution in [3.63, 3.8) is 0 Å². The highest BCUT2D eigenvalue weighted by Crippen LogP contribution is 2.19. The number of morpholine rings is 1. The fraction of sp³-hybridized carbons (Fsp3) is 0.684. The summed E-state index contributed by atoms with van der Waals surface area (Å²) in [5.41, 5.74) is 0.664. The van der Waals surface area contributed by atoms with E-state index in [1.165, 1.54) is 0 Å². The van der Waals surface area contributed by atoms with Crippen molar-refractivity contribution in [3.05, 3.63) is 30.1 Å². The molecule has 1 aliphatic rings. The molecule has 2 heterocycles. The van der Waals surface area contributed by atoms with E-state index in [-0.39, 0.29) is 24.2 Å². The summed E-state index contributed by atoms with van der Waals surface area (Å²) in [6.07, 6.45) is 4.20. The first-order valence-corrected chi connectivity index (χ1v) is 8.99. The Morgan fingerprint density at radius 1 is 1.48 bits per heavy atom. The molecule has 2 unspecified atom stereocenters. The van der Waals surface area contributed by atoms with E-state index in [0.717, 1.165) is 12.0 Å². The van der Waals surface area contributed by atoms with Gasteiger partial charge in [0.05, 0.1) is 19.3 Å². The average molecular weight is 349 g/mol. The number of hydrogen-bond acceptors (Lipinski definition) is 5. The van der Waals surface area contributed by atoms with Crippen LogP contribution in [0.4, 0.5) is 4.79 Å². The predicted molar refractivity (Wildman–Crippen MR) is 97.4 cm³/mol. The van der Waals surface area contributed by atoms with Crippen LogP contribution in [0, 0.1) is 0 Å². The van der Waals surface area contributed by atoms with Crippen molar-refractivity contribution in [1.29, 1.82) is 0 Å². The van der Waals surface area contributed by atoms with E-state index in [4.69, 9.17) is 9.47 Å². The number of amides is 1. The molecule has 25 heavy (non-hydrogen) atoms. The molecule has 1 aromatic rings. The van der Waals surface area contributed by atoms with Gasteiger partial charge in [-0.25, -0.2) is 4.79 Å². The summed E-state index contributed by atoms with van der Waals surface area (Å²) in [5, 5.41) is 3.58. The minimum atomic E-state index is -0.487. The monoisotopic (exact) mass is 349 g/mol. The van der Waals surface area contributed by atoms with Gasteiger partial charge in [0, 0.05) is 31.0 Å². The van der Waals surface area contributed by atoms with Crippen molar-refractivity contribution < 1.29 is 14.3 Å². The summed E-state index contributed by atoms with van der Waals surface area (Å²) in [6, 6.07) is 4.45. The summed E-state index contributed by atoms with van der Waals surface area (Å²) in [5.74, 6) is 0. The van der Waals surface area contributed by atoms with Crippen LogP contribution >= 0.6 is 0 Å². The van der Waals surface area contributed by atoms with E-state index in [1.54, 1.807) is 6.20 Å². The zero-order valence-corrected chi connectivity index (χ0v) is 16.0. The van der Waals surface area contributed by atoms with Gasteiger partial charge >= 0.3 is 6.09 Å². The van der Waals surface area contributed by atoms with E-state index in [2.05, 4.69) is 30.2 Å². The number of ether oxygens (including phenoxy) is 2. The van der Waals surface area contributed by atoms with Gasteiger partial charge in [-0.05, 0) is 52.7 Å². The van der Waals surface area contributed by atoms with Crippen molar-refractivity contribution in [3.8, 4) is 0 Å². The molecule has 1 N–H and O–H groups in total. The van der Waals surface area contributed by atoms with Crippen LogP contribution in [-0.4, -0.2) is 53.4 Å². The van der Waals surface area contributed by atoms with Crippen LogP contribution in [0.5, 0.6) is 0 Å². The van der Waals surface area contributed by atoms with E-state index in [0.29, 0.717) is 19.8 Å². The van der Waals surface area contributed by atoms with E-state index >= 15 is 0 Å². The average Bonchev–Trinajstić information content (AvgIpc) is 2.54. The van der Waals surface area contributed by atoms with Gasteiger partial charge in [0.25, 0.3) is 0 Å². The SMILES string of the molecule is CC(CC1COCCN1C(=O)OC(C)(C)C)N[C@H](C)c1cccnc1. The maximum atomic E-state index is 12.5. The second-order valence-corrected chi connectivity index (χ2v) is 7.71. The fourth-order valence-electron chi connectivity index (χ4n) is 3.04. The Bertz CT molecular complexity index is 545. The maximum Gasteiger partial charge on any atom is 0.410 e. The lowest BCUT2D eigenvalue weighted by Gasteiger charge is -2.38. The number of nitrogens with one attached hydrogen (secondary N) is 1. The summed E-state index contributed by atoms with van der Waals surface area (Å²) in [7, 11) is 0. The van der Waals surface area contributed by atoms with Gasteiger partial charge in [-0.15, -0.1) is 0 Å². The van der Waals surface area contributed by atoms with Crippen LogP contribution in [0.3, 0.4) is 0 Å². The third-order valence-corrected chi connectivity index (χ3v) is 4.20. The quantitative estimate of drug-likeness (QED) is 0.885. The molecule has 3 atom stereocenters. The van der Waals surface area contributed by atoms with Gasteiger partial charge in [-0.1, -0.05) is 6.07 Å². The van der Waals surface area contributed by atoms with Gasteiger partial charge in [-0.3, -0.25) is 4.98 Å². The van der Waals surface area contributed by atoms with E-state index < -0.39 is 5.60 Å². The molecule has 0 aliphatic carbocycles. The Balaban J connectivity index is 1.92. The maximum absolute atomic E-state index is 12.5. The van der Waals surface area contributed by atoms with Gasteiger partial charge < -0.3 is 19.7 Å². The molecule has 1 amide bonds. The number of carbonyl (C=O) groups is 1. The Labute approximate surface area is 150 Å². The lowest BCUT2D eigenvalue weighted by atomic mass is 10.0. The van der Waals surface area contributed by atoms with Crippen LogP contribution in [0.15, 0.2) is 24.5 Å². The third kappa shape index (κ3) is 6.29. The molecular formula is C19H31N3O3. The molecule has 6 nitrogen and oxygen atoms in total. The van der Waals surface area contributed by atoms with Crippen LogP contribution in [0.1, 0.15) is 52.6 Å². The first kappa shape index (κ1) is 19.7. The fourth-order valence-corrected chi connectivity index (χ4v) is 3.04. The molecule has 140 valence electrons. The Morgan fingerprint density at radius 3 is 2.88 bits per heavy atom. The normalized spacial score (nSPS) is 20.8. The van der Waals surface area contributed by atoms with Gasteiger partial charge in [0.15, 0.2) is 0 Å². The lowest BCUT2D eigenvalue weighted by molar-refractivity contribution is -0.0357. The van der Waals surface area contributed by atoms with Crippen molar-refractivity contribution in [2.75, 3.05) is 19.8 Å². The van der Waals surface area contributed by atoms with Gasteiger partial charge in [-0.2, -0.15) is 0 Å². The highest BCUT2D eigenvalue weighted by atomic mass is 16.6. The Morgan fingerprint density at radius 2 is 2.24 bits per heavy atom. The minimum Gasteiger partial charge on any atom is -0.444 e. The molecule has 0 bridgehead atoms.